The lowest BCUT2D eigenvalue weighted by molar-refractivity contribution is -0.122. The van der Waals surface area contributed by atoms with Crippen LogP contribution in [0.5, 0.6) is 11.5 Å². The maximum absolute atomic E-state index is 12.4. The van der Waals surface area contributed by atoms with Crippen molar-refractivity contribution in [3.8, 4) is 11.5 Å². The summed E-state index contributed by atoms with van der Waals surface area (Å²) in [6.07, 6.45) is 1.62. The fraction of sp³-hybridized carbons (Fsp3) is 0.350. The van der Waals surface area contributed by atoms with Crippen LogP contribution in [0.25, 0.3) is 5.65 Å². The molecule has 2 heterocycles. The minimum Gasteiger partial charge on any atom is -0.490 e. The number of carbonyl (C=O) groups excluding carboxylic acids is 1. The van der Waals surface area contributed by atoms with E-state index in [0.717, 1.165) is 10.2 Å². The SMILES string of the molecule is CCOc1ccc(C(C)NC(=O)Cn2nc3ccccn3c2=O)cc1OCC. The van der Waals surface area contributed by atoms with Crippen molar-refractivity contribution < 1.29 is 14.3 Å². The molecule has 8 heteroatoms. The van der Waals surface area contributed by atoms with Crippen LogP contribution >= 0.6 is 0 Å². The number of amides is 1. The monoisotopic (exact) mass is 384 g/mol. The van der Waals surface area contributed by atoms with E-state index in [4.69, 9.17) is 9.47 Å². The predicted molar refractivity (Wildman–Crippen MR) is 105 cm³/mol. The Balaban J connectivity index is 1.72. The number of hydrogen-bond acceptors (Lipinski definition) is 5. The lowest BCUT2D eigenvalue weighted by Crippen LogP contribution is -2.34. The minimum atomic E-state index is -0.349. The van der Waals surface area contributed by atoms with Crippen molar-refractivity contribution >= 4 is 11.6 Å². The highest BCUT2D eigenvalue weighted by molar-refractivity contribution is 5.76. The summed E-state index contributed by atoms with van der Waals surface area (Å²) < 4.78 is 13.8. The maximum Gasteiger partial charge on any atom is 0.350 e. The Morgan fingerprint density at radius 2 is 1.89 bits per heavy atom. The van der Waals surface area contributed by atoms with Gasteiger partial charge in [0.2, 0.25) is 5.91 Å². The number of nitrogens with one attached hydrogen (secondary N) is 1. The Kier molecular flexibility index (Phi) is 5.98. The number of carbonyl (C=O) groups is 1. The van der Waals surface area contributed by atoms with Crippen LogP contribution in [-0.2, 0) is 11.3 Å². The molecule has 1 atom stereocenters. The van der Waals surface area contributed by atoms with Gasteiger partial charge in [0.15, 0.2) is 17.1 Å². The van der Waals surface area contributed by atoms with Gasteiger partial charge in [0, 0.05) is 6.20 Å². The summed E-state index contributed by atoms with van der Waals surface area (Å²) in [6.45, 7) is 6.59. The Morgan fingerprint density at radius 1 is 1.14 bits per heavy atom. The second kappa shape index (κ2) is 8.60. The van der Waals surface area contributed by atoms with Gasteiger partial charge in [-0.15, -0.1) is 5.10 Å². The van der Waals surface area contributed by atoms with Gasteiger partial charge in [0.25, 0.3) is 0 Å². The van der Waals surface area contributed by atoms with Crippen molar-refractivity contribution in [3.05, 3.63) is 58.6 Å². The van der Waals surface area contributed by atoms with Crippen molar-refractivity contribution in [2.45, 2.75) is 33.4 Å². The third-order valence-electron chi connectivity index (χ3n) is 4.23. The van der Waals surface area contributed by atoms with Crippen LogP contribution in [0.1, 0.15) is 32.4 Å². The van der Waals surface area contributed by atoms with Crippen molar-refractivity contribution in [2.75, 3.05) is 13.2 Å². The Hall–Kier alpha value is -3.29. The molecular formula is C20H24N4O4. The molecular weight excluding hydrogens is 360 g/mol. The molecule has 1 amide bonds. The Labute approximate surface area is 162 Å². The third-order valence-corrected chi connectivity index (χ3v) is 4.23. The van der Waals surface area contributed by atoms with Crippen molar-refractivity contribution in [3.63, 3.8) is 0 Å². The summed E-state index contributed by atoms with van der Waals surface area (Å²) in [5.74, 6) is 1.01. The van der Waals surface area contributed by atoms with Gasteiger partial charge in [-0.05, 0) is 50.6 Å². The van der Waals surface area contributed by atoms with E-state index in [-0.39, 0.29) is 24.2 Å². The summed E-state index contributed by atoms with van der Waals surface area (Å²) in [5, 5.41) is 7.07. The van der Waals surface area contributed by atoms with Crippen molar-refractivity contribution in [1.82, 2.24) is 19.5 Å². The molecule has 0 aliphatic carbocycles. The lowest BCUT2D eigenvalue weighted by atomic mass is 10.1. The summed E-state index contributed by atoms with van der Waals surface area (Å²) in [5.41, 5.74) is 1.03. The van der Waals surface area contributed by atoms with Crippen LogP contribution in [0.15, 0.2) is 47.4 Å². The zero-order valence-corrected chi connectivity index (χ0v) is 16.2. The molecule has 0 radical (unpaired) electrons. The molecule has 8 nitrogen and oxygen atoms in total. The topological polar surface area (TPSA) is 86.9 Å². The van der Waals surface area contributed by atoms with Gasteiger partial charge < -0.3 is 14.8 Å². The van der Waals surface area contributed by atoms with Crippen LogP contribution < -0.4 is 20.5 Å². The molecule has 2 aromatic heterocycles. The molecule has 1 N–H and O–H groups in total. The normalized spacial score (nSPS) is 12.0. The number of benzene rings is 1. The largest absolute Gasteiger partial charge is 0.490 e. The number of hydrogen-bond donors (Lipinski definition) is 1. The summed E-state index contributed by atoms with van der Waals surface area (Å²) in [7, 11) is 0. The number of rotatable bonds is 8. The van der Waals surface area contributed by atoms with E-state index in [1.807, 2.05) is 39.0 Å². The van der Waals surface area contributed by atoms with Gasteiger partial charge in [0.1, 0.15) is 6.54 Å². The molecule has 148 valence electrons. The average molecular weight is 384 g/mol. The highest BCUT2D eigenvalue weighted by Gasteiger charge is 2.15. The molecule has 0 saturated heterocycles. The molecule has 1 unspecified atom stereocenters. The number of ether oxygens (including phenoxy) is 2. The van der Waals surface area contributed by atoms with Gasteiger partial charge in [-0.1, -0.05) is 12.1 Å². The molecule has 3 rings (SSSR count). The van der Waals surface area contributed by atoms with E-state index < -0.39 is 0 Å². The average Bonchev–Trinajstić information content (AvgIpc) is 2.99. The first-order valence-electron chi connectivity index (χ1n) is 9.26. The fourth-order valence-electron chi connectivity index (χ4n) is 2.91. The zero-order chi connectivity index (χ0) is 20.1. The van der Waals surface area contributed by atoms with Crippen LogP contribution in [0.3, 0.4) is 0 Å². The van der Waals surface area contributed by atoms with Gasteiger partial charge in [0.05, 0.1) is 19.3 Å². The van der Waals surface area contributed by atoms with Crippen molar-refractivity contribution in [2.24, 2.45) is 0 Å². The minimum absolute atomic E-state index is 0.153. The molecule has 28 heavy (non-hydrogen) atoms. The first-order valence-corrected chi connectivity index (χ1v) is 9.26. The van der Waals surface area contributed by atoms with E-state index in [9.17, 15) is 9.59 Å². The standard InChI is InChI=1S/C20H24N4O4/c1-4-27-16-10-9-15(12-17(16)28-5-2)14(3)21-19(25)13-24-20(26)23-11-7-6-8-18(23)22-24/h6-12,14H,4-5,13H2,1-3H3,(H,21,25). The lowest BCUT2D eigenvalue weighted by Gasteiger charge is -2.17. The van der Waals surface area contributed by atoms with Crippen molar-refractivity contribution in [1.29, 1.82) is 0 Å². The molecule has 3 aromatic rings. The Bertz CT molecular complexity index is 1020. The van der Waals surface area contributed by atoms with Crippen LogP contribution in [0, 0.1) is 0 Å². The molecule has 1 aromatic carbocycles. The van der Waals surface area contributed by atoms with E-state index in [2.05, 4.69) is 10.4 Å². The van der Waals surface area contributed by atoms with E-state index >= 15 is 0 Å². The fourth-order valence-corrected chi connectivity index (χ4v) is 2.91. The Morgan fingerprint density at radius 3 is 2.61 bits per heavy atom. The quantitative estimate of drug-likeness (QED) is 0.643. The number of nitrogens with zero attached hydrogens (tertiary/aromatic N) is 3. The number of pyridine rings is 1. The van der Waals surface area contributed by atoms with Crippen LogP contribution in [0.2, 0.25) is 0 Å². The third kappa shape index (κ3) is 4.16. The molecule has 0 aliphatic heterocycles. The van der Waals surface area contributed by atoms with Gasteiger partial charge >= 0.3 is 5.69 Å². The van der Waals surface area contributed by atoms with Gasteiger partial charge in [-0.3, -0.25) is 9.20 Å². The van der Waals surface area contributed by atoms with E-state index in [0.29, 0.717) is 30.4 Å². The molecule has 0 spiro atoms. The second-order valence-electron chi connectivity index (χ2n) is 6.23. The summed E-state index contributed by atoms with van der Waals surface area (Å²) in [6, 6.07) is 10.6. The molecule has 0 fully saturated rings. The van der Waals surface area contributed by atoms with Gasteiger partial charge in [-0.2, -0.15) is 0 Å². The smallest absolute Gasteiger partial charge is 0.350 e. The summed E-state index contributed by atoms with van der Waals surface area (Å²) >= 11 is 0. The number of aromatic nitrogens is 3. The highest BCUT2D eigenvalue weighted by atomic mass is 16.5. The van der Waals surface area contributed by atoms with Crippen LogP contribution in [-0.4, -0.2) is 33.3 Å². The highest BCUT2D eigenvalue weighted by Crippen LogP contribution is 2.30. The maximum atomic E-state index is 12.4. The summed E-state index contributed by atoms with van der Waals surface area (Å²) in [4.78, 5) is 24.7. The first-order chi connectivity index (χ1) is 13.5. The molecule has 0 saturated carbocycles. The molecule has 0 aliphatic rings. The first kappa shape index (κ1) is 19.5. The van der Waals surface area contributed by atoms with E-state index in [1.165, 1.54) is 4.40 Å². The van der Waals surface area contributed by atoms with E-state index in [1.54, 1.807) is 24.4 Å². The second-order valence-corrected chi connectivity index (χ2v) is 6.23. The van der Waals surface area contributed by atoms with Crippen LogP contribution in [0.4, 0.5) is 0 Å². The predicted octanol–water partition coefficient (Wildman–Crippen LogP) is 2.17. The molecule has 0 bridgehead atoms. The zero-order valence-electron chi connectivity index (χ0n) is 16.2. The van der Waals surface area contributed by atoms with Gasteiger partial charge in [-0.25, -0.2) is 9.48 Å². The number of fused-ring (bicyclic) bond motifs is 1.